The van der Waals surface area contributed by atoms with E-state index in [4.69, 9.17) is 0 Å². The van der Waals surface area contributed by atoms with E-state index < -0.39 is 23.6 Å². The monoisotopic (exact) mass is 433 g/mol. The molecule has 0 aromatic heterocycles. The second kappa shape index (κ2) is 8.79. The number of rotatable bonds is 5. The minimum Gasteiger partial charge on any atom is -0.338 e. The molecule has 1 unspecified atom stereocenters. The smallest absolute Gasteiger partial charge is 0.338 e. The van der Waals surface area contributed by atoms with Gasteiger partial charge in [0.2, 0.25) is 17.7 Å². The zero-order valence-electron chi connectivity index (χ0n) is 17.0. The van der Waals surface area contributed by atoms with Crippen LogP contribution in [0.1, 0.15) is 30.0 Å². The Morgan fingerprint density at radius 1 is 1.10 bits per heavy atom. The standard InChI is InChI=1S/C22H22F3N3O3/c1-13-6-7-18(26-14(2)29)19(8-13)27-21(31)16-10-20(30)28(12-16)11-15-4-3-5-17(9-15)22(23,24)25/h3-9,16H,10-12H2,1-2H3,(H,26,29)(H,27,31). The van der Waals surface area contributed by atoms with Crippen molar-refractivity contribution >= 4 is 29.1 Å². The molecular weight excluding hydrogens is 411 g/mol. The fraction of sp³-hybridized carbons (Fsp3) is 0.318. The van der Waals surface area contributed by atoms with Crippen molar-refractivity contribution in [3.8, 4) is 0 Å². The first kappa shape index (κ1) is 22.3. The third kappa shape index (κ3) is 5.62. The van der Waals surface area contributed by atoms with Gasteiger partial charge >= 0.3 is 6.18 Å². The Morgan fingerprint density at radius 3 is 2.52 bits per heavy atom. The van der Waals surface area contributed by atoms with Crippen LogP contribution in [0.2, 0.25) is 0 Å². The Bertz CT molecular complexity index is 1020. The molecule has 0 bridgehead atoms. The van der Waals surface area contributed by atoms with Crippen LogP contribution in [0.4, 0.5) is 24.5 Å². The minimum atomic E-state index is -4.47. The highest BCUT2D eigenvalue weighted by atomic mass is 19.4. The van der Waals surface area contributed by atoms with Crippen molar-refractivity contribution in [2.45, 2.75) is 33.0 Å². The molecule has 1 atom stereocenters. The summed E-state index contributed by atoms with van der Waals surface area (Å²) >= 11 is 0. The Labute approximate surface area is 177 Å². The van der Waals surface area contributed by atoms with Gasteiger partial charge in [-0.1, -0.05) is 18.2 Å². The van der Waals surface area contributed by atoms with Crippen LogP contribution < -0.4 is 10.6 Å². The molecule has 3 amide bonds. The van der Waals surface area contributed by atoms with Gasteiger partial charge in [-0.05, 0) is 42.3 Å². The van der Waals surface area contributed by atoms with E-state index in [0.29, 0.717) is 16.9 Å². The molecule has 0 radical (unpaired) electrons. The van der Waals surface area contributed by atoms with E-state index in [1.165, 1.54) is 24.0 Å². The van der Waals surface area contributed by atoms with Gasteiger partial charge < -0.3 is 15.5 Å². The largest absolute Gasteiger partial charge is 0.416 e. The van der Waals surface area contributed by atoms with Gasteiger partial charge in [-0.3, -0.25) is 14.4 Å². The number of alkyl halides is 3. The highest BCUT2D eigenvalue weighted by Gasteiger charge is 2.35. The topological polar surface area (TPSA) is 78.5 Å². The Morgan fingerprint density at radius 2 is 1.84 bits per heavy atom. The first-order chi connectivity index (χ1) is 14.5. The summed E-state index contributed by atoms with van der Waals surface area (Å²) in [6.07, 6.45) is -4.50. The molecule has 1 heterocycles. The van der Waals surface area contributed by atoms with E-state index in [-0.39, 0.29) is 31.3 Å². The van der Waals surface area contributed by atoms with E-state index in [0.717, 1.165) is 17.7 Å². The molecule has 3 rings (SSSR count). The molecule has 0 spiro atoms. The number of carbonyl (C=O) groups excluding carboxylic acids is 3. The summed E-state index contributed by atoms with van der Waals surface area (Å²) in [6.45, 7) is 3.28. The zero-order valence-corrected chi connectivity index (χ0v) is 17.0. The molecule has 2 N–H and O–H groups in total. The fourth-order valence-corrected chi connectivity index (χ4v) is 3.46. The number of nitrogens with zero attached hydrogens (tertiary/aromatic N) is 1. The molecule has 31 heavy (non-hydrogen) atoms. The maximum Gasteiger partial charge on any atom is 0.416 e. The number of aryl methyl sites for hydroxylation is 1. The maximum atomic E-state index is 12.9. The molecule has 1 aliphatic rings. The third-order valence-corrected chi connectivity index (χ3v) is 4.96. The lowest BCUT2D eigenvalue weighted by Crippen LogP contribution is -2.28. The number of halogens is 3. The molecular formula is C22H22F3N3O3. The summed E-state index contributed by atoms with van der Waals surface area (Å²) in [5, 5.41) is 5.39. The van der Waals surface area contributed by atoms with Crippen LogP contribution in [-0.4, -0.2) is 29.2 Å². The van der Waals surface area contributed by atoms with Crippen molar-refractivity contribution in [2.75, 3.05) is 17.2 Å². The number of anilines is 2. The molecule has 2 aromatic rings. The average Bonchev–Trinajstić information content (AvgIpc) is 3.04. The van der Waals surface area contributed by atoms with Crippen LogP contribution in [0, 0.1) is 12.8 Å². The second-order valence-electron chi connectivity index (χ2n) is 7.59. The van der Waals surface area contributed by atoms with Gasteiger partial charge in [0.25, 0.3) is 0 Å². The van der Waals surface area contributed by atoms with Crippen LogP contribution >= 0.6 is 0 Å². The van der Waals surface area contributed by atoms with Crippen molar-refractivity contribution in [2.24, 2.45) is 5.92 Å². The molecule has 6 nitrogen and oxygen atoms in total. The number of benzene rings is 2. The quantitative estimate of drug-likeness (QED) is 0.749. The third-order valence-electron chi connectivity index (χ3n) is 4.96. The molecule has 0 saturated carbocycles. The summed E-state index contributed by atoms with van der Waals surface area (Å²) in [6, 6.07) is 9.96. The Hall–Kier alpha value is -3.36. The van der Waals surface area contributed by atoms with Gasteiger partial charge in [0.15, 0.2) is 0 Å². The predicted molar refractivity (Wildman–Crippen MR) is 109 cm³/mol. The van der Waals surface area contributed by atoms with Crippen molar-refractivity contribution < 1.29 is 27.6 Å². The van der Waals surface area contributed by atoms with E-state index in [9.17, 15) is 27.6 Å². The summed E-state index contributed by atoms with van der Waals surface area (Å²) in [5.41, 5.74) is 1.30. The van der Waals surface area contributed by atoms with Crippen LogP contribution in [0.3, 0.4) is 0 Å². The van der Waals surface area contributed by atoms with Crippen LogP contribution in [0.5, 0.6) is 0 Å². The van der Waals surface area contributed by atoms with Gasteiger partial charge in [-0.25, -0.2) is 0 Å². The Balaban J connectivity index is 1.69. The SMILES string of the molecule is CC(=O)Nc1ccc(C)cc1NC(=O)C1CC(=O)N(Cc2cccc(C(F)(F)F)c2)C1. The highest BCUT2D eigenvalue weighted by Crippen LogP contribution is 2.31. The van der Waals surface area contributed by atoms with E-state index in [1.807, 2.05) is 6.92 Å². The summed E-state index contributed by atoms with van der Waals surface area (Å²) in [4.78, 5) is 37.9. The van der Waals surface area contributed by atoms with Gasteiger partial charge in [0.05, 0.1) is 22.9 Å². The van der Waals surface area contributed by atoms with Crippen molar-refractivity contribution in [3.63, 3.8) is 0 Å². The lowest BCUT2D eigenvalue weighted by atomic mass is 10.1. The van der Waals surface area contributed by atoms with Gasteiger partial charge in [0, 0.05) is 26.4 Å². The van der Waals surface area contributed by atoms with Crippen molar-refractivity contribution in [3.05, 3.63) is 59.2 Å². The highest BCUT2D eigenvalue weighted by molar-refractivity contribution is 6.01. The van der Waals surface area contributed by atoms with Gasteiger partial charge in [0.1, 0.15) is 0 Å². The summed E-state index contributed by atoms with van der Waals surface area (Å²) in [5.74, 6) is -1.63. The first-order valence-electron chi connectivity index (χ1n) is 9.66. The molecule has 164 valence electrons. The molecule has 1 fully saturated rings. The van der Waals surface area contributed by atoms with Crippen LogP contribution in [-0.2, 0) is 27.1 Å². The van der Waals surface area contributed by atoms with Crippen LogP contribution in [0.15, 0.2) is 42.5 Å². The molecule has 0 aliphatic carbocycles. The Kier molecular flexibility index (Phi) is 6.33. The number of nitrogens with one attached hydrogen (secondary N) is 2. The predicted octanol–water partition coefficient (Wildman–Crippen LogP) is 3.96. The van der Waals surface area contributed by atoms with Gasteiger partial charge in [-0.2, -0.15) is 13.2 Å². The number of amides is 3. The van der Waals surface area contributed by atoms with E-state index in [1.54, 1.807) is 18.2 Å². The van der Waals surface area contributed by atoms with E-state index in [2.05, 4.69) is 10.6 Å². The maximum absolute atomic E-state index is 12.9. The van der Waals surface area contributed by atoms with Crippen LogP contribution in [0.25, 0.3) is 0 Å². The minimum absolute atomic E-state index is 0.00583. The fourth-order valence-electron chi connectivity index (χ4n) is 3.46. The average molecular weight is 433 g/mol. The van der Waals surface area contributed by atoms with E-state index >= 15 is 0 Å². The summed E-state index contributed by atoms with van der Waals surface area (Å²) < 4.78 is 38.7. The molecule has 2 aromatic carbocycles. The normalized spacial score (nSPS) is 16.4. The lowest BCUT2D eigenvalue weighted by molar-refractivity contribution is -0.137. The van der Waals surface area contributed by atoms with Gasteiger partial charge in [-0.15, -0.1) is 0 Å². The second-order valence-corrected chi connectivity index (χ2v) is 7.59. The first-order valence-corrected chi connectivity index (χ1v) is 9.66. The number of carbonyl (C=O) groups is 3. The number of hydrogen-bond acceptors (Lipinski definition) is 3. The molecule has 1 aliphatic heterocycles. The lowest BCUT2D eigenvalue weighted by Gasteiger charge is -2.18. The van der Waals surface area contributed by atoms with Crippen molar-refractivity contribution in [1.29, 1.82) is 0 Å². The molecule has 9 heteroatoms. The molecule has 1 saturated heterocycles. The summed E-state index contributed by atoms with van der Waals surface area (Å²) in [7, 11) is 0. The number of hydrogen-bond donors (Lipinski definition) is 2. The zero-order chi connectivity index (χ0) is 22.8. The number of likely N-dealkylation sites (tertiary alicyclic amines) is 1. The van der Waals surface area contributed by atoms with Crippen molar-refractivity contribution in [1.82, 2.24) is 4.90 Å².